The van der Waals surface area contributed by atoms with Crippen molar-refractivity contribution < 1.29 is 4.79 Å². The highest BCUT2D eigenvalue weighted by Crippen LogP contribution is 2.12. The van der Waals surface area contributed by atoms with Gasteiger partial charge in [0, 0.05) is 18.1 Å². The predicted molar refractivity (Wildman–Crippen MR) is 66.6 cm³/mol. The molecule has 2 aromatic rings. The fourth-order valence-corrected chi connectivity index (χ4v) is 1.94. The molecule has 0 unspecified atom stereocenters. The average Bonchev–Trinajstić information content (AvgIpc) is 2.82. The maximum atomic E-state index is 11.7. The standard InChI is InChI=1S/C11H12N4OS/c12-6-9-4-2-1-3-8(9)5-10(16)14-11-7-13-15-17-11/h1-4,7H,5-6,12H2,(H,14,16). The van der Waals surface area contributed by atoms with Crippen LogP contribution in [0.15, 0.2) is 30.5 Å². The molecule has 6 heteroatoms. The number of carbonyl (C=O) groups excluding carboxylic acids is 1. The first kappa shape index (κ1) is 11.7. The molecule has 1 amide bonds. The molecule has 1 aromatic carbocycles. The zero-order valence-electron chi connectivity index (χ0n) is 9.09. The zero-order valence-corrected chi connectivity index (χ0v) is 9.91. The second kappa shape index (κ2) is 5.51. The van der Waals surface area contributed by atoms with E-state index in [2.05, 4.69) is 14.9 Å². The van der Waals surface area contributed by atoms with Gasteiger partial charge in [-0.1, -0.05) is 28.8 Å². The van der Waals surface area contributed by atoms with Crippen molar-refractivity contribution in [2.75, 3.05) is 5.32 Å². The van der Waals surface area contributed by atoms with Gasteiger partial charge in [-0.3, -0.25) is 4.79 Å². The molecule has 0 aliphatic heterocycles. The van der Waals surface area contributed by atoms with Crippen molar-refractivity contribution in [1.82, 2.24) is 9.59 Å². The number of nitrogens with one attached hydrogen (secondary N) is 1. The number of nitrogens with zero attached hydrogens (tertiary/aromatic N) is 2. The minimum Gasteiger partial charge on any atom is -0.326 e. The van der Waals surface area contributed by atoms with Gasteiger partial charge in [0.1, 0.15) is 5.00 Å². The highest BCUT2D eigenvalue weighted by atomic mass is 32.1. The number of rotatable bonds is 4. The van der Waals surface area contributed by atoms with E-state index >= 15 is 0 Å². The molecule has 0 saturated heterocycles. The van der Waals surface area contributed by atoms with E-state index in [0.717, 1.165) is 22.7 Å². The molecular formula is C11H12N4OS. The van der Waals surface area contributed by atoms with Gasteiger partial charge in [0.05, 0.1) is 12.6 Å². The van der Waals surface area contributed by atoms with Crippen molar-refractivity contribution in [2.24, 2.45) is 5.73 Å². The van der Waals surface area contributed by atoms with Crippen LogP contribution in [0.5, 0.6) is 0 Å². The molecular weight excluding hydrogens is 236 g/mol. The smallest absolute Gasteiger partial charge is 0.229 e. The molecule has 0 aliphatic carbocycles. The van der Waals surface area contributed by atoms with E-state index in [4.69, 9.17) is 5.73 Å². The Morgan fingerprint density at radius 3 is 2.76 bits per heavy atom. The second-order valence-electron chi connectivity index (χ2n) is 3.48. The van der Waals surface area contributed by atoms with Crippen LogP contribution in [-0.4, -0.2) is 15.5 Å². The van der Waals surface area contributed by atoms with E-state index < -0.39 is 0 Å². The van der Waals surface area contributed by atoms with Crippen LogP contribution in [0.25, 0.3) is 0 Å². The Hall–Kier alpha value is -1.79. The van der Waals surface area contributed by atoms with Crippen molar-refractivity contribution in [3.63, 3.8) is 0 Å². The number of amides is 1. The van der Waals surface area contributed by atoms with Gasteiger partial charge in [-0.2, -0.15) is 0 Å². The first-order chi connectivity index (χ1) is 8.29. The number of benzene rings is 1. The monoisotopic (exact) mass is 248 g/mol. The maximum absolute atomic E-state index is 11.7. The van der Waals surface area contributed by atoms with Crippen molar-refractivity contribution in [2.45, 2.75) is 13.0 Å². The molecule has 0 radical (unpaired) electrons. The van der Waals surface area contributed by atoms with Gasteiger partial charge in [-0.05, 0) is 11.1 Å². The number of nitrogens with two attached hydrogens (primary N) is 1. The topological polar surface area (TPSA) is 80.9 Å². The average molecular weight is 248 g/mol. The third-order valence-corrected chi connectivity index (χ3v) is 2.89. The summed E-state index contributed by atoms with van der Waals surface area (Å²) in [7, 11) is 0. The van der Waals surface area contributed by atoms with Gasteiger partial charge in [-0.15, -0.1) is 5.10 Å². The fourth-order valence-electron chi connectivity index (χ4n) is 1.51. The summed E-state index contributed by atoms with van der Waals surface area (Å²) >= 11 is 1.15. The van der Waals surface area contributed by atoms with E-state index in [1.807, 2.05) is 24.3 Å². The van der Waals surface area contributed by atoms with Crippen LogP contribution >= 0.6 is 11.5 Å². The SMILES string of the molecule is NCc1ccccc1CC(=O)Nc1cnns1. The summed E-state index contributed by atoms with van der Waals surface area (Å²) in [5, 5.41) is 7.04. The molecule has 0 bridgehead atoms. The first-order valence-electron chi connectivity index (χ1n) is 5.13. The quantitative estimate of drug-likeness (QED) is 0.851. The van der Waals surface area contributed by atoms with E-state index in [1.54, 1.807) is 0 Å². The van der Waals surface area contributed by atoms with E-state index in [9.17, 15) is 4.79 Å². The summed E-state index contributed by atoms with van der Waals surface area (Å²) in [6.07, 6.45) is 1.84. The summed E-state index contributed by atoms with van der Waals surface area (Å²) < 4.78 is 3.67. The summed E-state index contributed by atoms with van der Waals surface area (Å²) in [5.74, 6) is -0.0862. The van der Waals surface area contributed by atoms with Crippen molar-refractivity contribution in [3.05, 3.63) is 41.6 Å². The number of anilines is 1. The molecule has 88 valence electrons. The molecule has 17 heavy (non-hydrogen) atoms. The number of carbonyl (C=O) groups is 1. The largest absolute Gasteiger partial charge is 0.326 e. The lowest BCUT2D eigenvalue weighted by Gasteiger charge is -2.06. The highest BCUT2D eigenvalue weighted by molar-refractivity contribution is 7.10. The molecule has 0 fully saturated rings. The van der Waals surface area contributed by atoms with Gasteiger partial charge < -0.3 is 11.1 Å². The van der Waals surface area contributed by atoms with Crippen LogP contribution in [0.1, 0.15) is 11.1 Å². The molecule has 0 saturated carbocycles. The Morgan fingerprint density at radius 1 is 1.35 bits per heavy atom. The molecule has 1 heterocycles. The van der Waals surface area contributed by atoms with Crippen molar-refractivity contribution in [3.8, 4) is 0 Å². The summed E-state index contributed by atoms with van der Waals surface area (Å²) in [6, 6.07) is 7.65. The van der Waals surface area contributed by atoms with Gasteiger partial charge in [0.15, 0.2) is 0 Å². The van der Waals surface area contributed by atoms with Crippen molar-refractivity contribution in [1.29, 1.82) is 0 Å². The Kier molecular flexibility index (Phi) is 3.79. The van der Waals surface area contributed by atoms with Crippen LogP contribution in [0.4, 0.5) is 5.00 Å². The van der Waals surface area contributed by atoms with E-state index in [-0.39, 0.29) is 5.91 Å². The number of aromatic nitrogens is 2. The zero-order chi connectivity index (χ0) is 12.1. The Morgan fingerprint density at radius 2 is 2.12 bits per heavy atom. The molecule has 0 aliphatic rings. The fraction of sp³-hybridized carbons (Fsp3) is 0.182. The molecule has 5 nitrogen and oxygen atoms in total. The van der Waals surface area contributed by atoms with Gasteiger partial charge in [0.2, 0.25) is 5.91 Å². The van der Waals surface area contributed by atoms with Crippen molar-refractivity contribution >= 4 is 22.4 Å². The third kappa shape index (κ3) is 3.08. The van der Waals surface area contributed by atoms with Gasteiger partial charge in [0.25, 0.3) is 0 Å². The number of hydrogen-bond acceptors (Lipinski definition) is 5. The van der Waals surface area contributed by atoms with Crippen LogP contribution in [0.2, 0.25) is 0 Å². The van der Waals surface area contributed by atoms with Gasteiger partial charge in [-0.25, -0.2) is 0 Å². The first-order valence-corrected chi connectivity index (χ1v) is 5.91. The minimum atomic E-state index is -0.0862. The molecule has 3 N–H and O–H groups in total. The second-order valence-corrected chi connectivity index (χ2v) is 4.27. The van der Waals surface area contributed by atoms with Crippen LogP contribution in [0.3, 0.4) is 0 Å². The molecule has 0 spiro atoms. The number of hydrogen-bond donors (Lipinski definition) is 2. The molecule has 0 atom stereocenters. The van der Waals surface area contributed by atoms with E-state index in [1.165, 1.54) is 6.20 Å². The Labute approximate surface area is 103 Å². The molecule has 1 aromatic heterocycles. The predicted octanol–water partition coefficient (Wildman–Crippen LogP) is 1.18. The summed E-state index contributed by atoms with van der Waals surface area (Å²) in [6.45, 7) is 0.436. The van der Waals surface area contributed by atoms with Crippen LogP contribution in [0, 0.1) is 0 Å². The van der Waals surface area contributed by atoms with Crippen LogP contribution < -0.4 is 11.1 Å². The normalized spacial score (nSPS) is 10.2. The highest BCUT2D eigenvalue weighted by Gasteiger charge is 2.08. The lowest BCUT2D eigenvalue weighted by atomic mass is 10.0. The Balaban J connectivity index is 2.03. The minimum absolute atomic E-state index is 0.0862. The molecule has 2 rings (SSSR count). The maximum Gasteiger partial charge on any atom is 0.229 e. The summed E-state index contributed by atoms with van der Waals surface area (Å²) in [4.78, 5) is 11.7. The third-order valence-electron chi connectivity index (χ3n) is 2.31. The lowest BCUT2D eigenvalue weighted by molar-refractivity contribution is -0.115. The van der Waals surface area contributed by atoms with E-state index in [0.29, 0.717) is 18.0 Å². The Bertz CT molecular complexity index is 498. The lowest BCUT2D eigenvalue weighted by Crippen LogP contribution is -2.15. The summed E-state index contributed by atoms with van der Waals surface area (Å²) in [5.41, 5.74) is 7.55. The van der Waals surface area contributed by atoms with Gasteiger partial charge >= 0.3 is 0 Å². The van der Waals surface area contributed by atoms with Crippen LogP contribution in [-0.2, 0) is 17.8 Å².